The highest BCUT2D eigenvalue weighted by atomic mass is 16.5. The molecule has 2 amide bonds. The van der Waals surface area contributed by atoms with E-state index in [0.717, 1.165) is 16.5 Å². The van der Waals surface area contributed by atoms with Gasteiger partial charge >= 0.3 is 6.03 Å². The molecule has 1 heterocycles. The van der Waals surface area contributed by atoms with Gasteiger partial charge in [-0.3, -0.25) is 4.79 Å². The molecule has 9 nitrogen and oxygen atoms in total. The Kier molecular flexibility index (Phi) is 9.68. The SMILES string of the molecule is COc1ccc(NC(=O)Nc2cccc(CCNC[C@H](O)c3ccc(OCc4ccccc4)c4[nH]c(=O)ccc34)c2)cc1. The summed E-state index contributed by atoms with van der Waals surface area (Å²) in [5.41, 5.74) is 4.40. The van der Waals surface area contributed by atoms with Crippen LogP contribution in [0.1, 0.15) is 22.8 Å². The minimum absolute atomic E-state index is 0.239. The number of anilines is 2. The number of hydrogen-bond donors (Lipinski definition) is 5. The lowest BCUT2D eigenvalue weighted by atomic mass is 10.0. The van der Waals surface area contributed by atoms with Crippen LogP contribution in [-0.4, -0.2) is 36.3 Å². The number of H-pyrrole nitrogens is 1. The first kappa shape index (κ1) is 29.4. The summed E-state index contributed by atoms with van der Waals surface area (Å²) in [7, 11) is 1.59. The smallest absolute Gasteiger partial charge is 0.323 e. The summed E-state index contributed by atoms with van der Waals surface area (Å²) in [5.74, 6) is 1.26. The summed E-state index contributed by atoms with van der Waals surface area (Å²) in [6.45, 7) is 1.30. The Morgan fingerprint density at radius 3 is 2.42 bits per heavy atom. The van der Waals surface area contributed by atoms with Crippen molar-refractivity contribution in [2.75, 3.05) is 30.8 Å². The molecular weight excluding hydrogens is 544 g/mol. The zero-order valence-electron chi connectivity index (χ0n) is 23.8. The number of benzene rings is 4. The van der Waals surface area contributed by atoms with Crippen LogP contribution in [0.25, 0.3) is 10.9 Å². The highest BCUT2D eigenvalue weighted by Crippen LogP contribution is 2.30. The van der Waals surface area contributed by atoms with Crippen molar-refractivity contribution in [2.24, 2.45) is 0 Å². The molecule has 0 spiro atoms. The molecule has 0 aliphatic rings. The average Bonchev–Trinajstić information content (AvgIpc) is 3.02. The molecule has 0 aliphatic carbocycles. The van der Waals surface area contributed by atoms with Crippen LogP contribution in [0, 0.1) is 0 Å². The molecule has 4 aromatic carbocycles. The van der Waals surface area contributed by atoms with E-state index in [1.807, 2.05) is 60.7 Å². The summed E-state index contributed by atoms with van der Waals surface area (Å²) >= 11 is 0. The van der Waals surface area contributed by atoms with E-state index in [2.05, 4.69) is 20.9 Å². The van der Waals surface area contributed by atoms with E-state index in [4.69, 9.17) is 9.47 Å². The van der Waals surface area contributed by atoms with E-state index in [1.54, 1.807) is 43.5 Å². The molecule has 43 heavy (non-hydrogen) atoms. The third-order valence-electron chi connectivity index (χ3n) is 6.95. The quantitative estimate of drug-likeness (QED) is 0.122. The first-order chi connectivity index (χ1) is 21.0. The second-order valence-electron chi connectivity index (χ2n) is 10.0. The third-order valence-corrected chi connectivity index (χ3v) is 6.95. The van der Waals surface area contributed by atoms with Crippen LogP contribution < -0.4 is 31.0 Å². The van der Waals surface area contributed by atoms with Crippen LogP contribution in [0.2, 0.25) is 0 Å². The molecule has 1 atom stereocenters. The van der Waals surface area contributed by atoms with Gasteiger partial charge in [0.15, 0.2) is 0 Å². The minimum Gasteiger partial charge on any atom is -0.497 e. The van der Waals surface area contributed by atoms with Crippen LogP contribution in [0.5, 0.6) is 11.5 Å². The molecule has 5 N–H and O–H groups in total. The number of carbonyl (C=O) groups excluding carboxylic acids is 1. The Morgan fingerprint density at radius 2 is 1.63 bits per heavy atom. The summed E-state index contributed by atoms with van der Waals surface area (Å²) < 4.78 is 11.2. The lowest BCUT2D eigenvalue weighted by Gasteiger charge is -2.17. The van der Waals surface area contributed by atoms with Gasteiger partial charge in [-0.05, 0) is 78.2 Å². The number of hydrogen-bond acceptors (Lipinski definition) is 6. The molecule has 220 valence electrons. The minimum atomic E-state index is -0.800. The summed E-state index contributed by atoms with van der Waals surface area (Å²) in [6.07, 6.45) is -0.103. The molecule has 5 rings (SSSR count). The average molecular weight is 579 g/mol. The van der Waals surface area contributed by atoms with Crippen molar-refractivity contribution in [3.63, 3.8) is 0 Å². The van der Waals surface area contributed by atoms with Gasteiger partial charge in [0.05, 0.1) is 18.7 Å². The van der Waals surface area contributed by atoms with Crippen LogP contribution >= 0.6 is 0 Å². The van der Waals surface area contributed by atoms with Crippen LogP contribution in [0.15, 0.2) is 108 Å². The molecule has 0 radical (unpaired) electrons. The van der Waals surface area contributed by atoms with Crippen molar-refractivity contribution in [1.82, 2.24) is 10.3 Å². The molecule has 1 aromatic heterocycles. The van der Waals surface area contributed by atoms with Gasteiger partial charge in [-0.15, -0.1) is 0 Å². The first-order valence-electron chi connectivity index (χ1n) is 14.0. The lowest BCUT2D eigenvalue weighted by molar-refractivity contribution is 0.176. The number of pyridine rings is 1. The zero-order chi connectivity index (χ0) is 30.0. The molecule has 0 unspecified atom stereocenters. The van der Waals surface area contributed by atoms with Crippen LogP contribution in [-0.2, 0) is 13.0 Å². The van der Waals surface area contributed by atoms with E-state index in [0.29, 0.717) is 60.1 Å². The maximum Gasteiger partial charge on any atom is 0.323 e. The lowest BCUT2D eigenvalue weighted by Crippen LogP contribution is -2.24. The summed E-state index contributed by atoms with van der Waals surface area (Å²) in [4.78, 5) is 27.4. The van der Waals surface area contributed by atoms with Crippen molar-refractivity contribution in [3.8, 4) is 11.5 Å². The van der Waals surface area contributed by atoms with E-state index >= 15 is 0 Å². The van der Waals surface area contributed by atoms with Crippen molar-refractivity contribution in [1.29, 1.82) is 0 Å². The fourth-order valence-electron chi connectivity index (χ4n) is 4.75. The molecular formula is C34H34N4O5. The van der Waals surface area contributed by atoms with Crippen molar-refractivity contribution >= 4 is 28.3 Å². The Hall–Kier alpha value is -5.12. The molecule has 0 aliphatic heterocycles. The number of urea groups is 1. The Morgan fingerprint density at radius 1 is 0.860 bits per heavy atom. The third kappa shape index (κ3) is 8.00. The number of aromatic nitrogens is 1. The van der Waals surface area contributed by atoms with Gasteiger partial charge in [-0.2, -0.15) is 0 Å². The van der Waals surface area contributed by atoms with E-state index < -0.39 is 6.10 Å². The monoisotopic (exact) mass is 578 g/mol. The number of ether oxygens (including phenoxy) is 2. The van der Waals surface area contributed by atoms with E-state index in [1.165, 1.54) is 6.07 Å². The number of methoxy groups -OCH3 is 1. The van der Waals surface area contributed by atoms with Crippen molar-refractivity contribution < 1.29 is 19.4 Å². The number of nitrogens with one attached hydrogen (secondary N) is 4. The van der Waals surface area contributed by atoms with Gasteiger partial charge in [0, 0.05) is 29.4 Å². The van der Waals surface area contributed by atoms with Gasteiger partial charge in [-0.25, -0.2) is 4.79 Å². The molecule has 5 aromatic rings. The molecule has 0 fully saturated rings. The maximum absolute atomic E-state index is 12.4. The van der Waals surface area contributed by atoms with Gasteiger partial charge in [0.2, 0.25) is 5.56 Å². The van der Waals surface area contributed by atoms with Crippen LogP contribution in [0.3, 0.4) is 0 Å². The first-order valence-corrected chi connectivity index (χ1v) is 14.0. The van der Waals surface area contributed by atoms with E-state index in [9.17, 15) is 14.7 Å². The highest BCUT2D eigenvalue weighted by molar-refractivity contribution is 5.99. The van der Waals surface area contributed by atoms with E-state index in [-0.39, 0.29) is 11.6 Å². The Balaban J connectivity index is 1.14. The molecule has 9 heteroatoms. The predicted octanol–water partition coefficient (Wildman–Crippen LogP) is 5.63. The van der Waals surface area contributed by atoms with Crippen molar-refractivity contribution in [2.45, 2.75) is 19.1 Å². The highest BCUT2D eigenvalue weighted by Gasteiger charge is 2.15. The number of fused-ring (bicyclic) bond motifs is 1. The van der Waals surface area contributed by atoms with Crippen LogP contribution in [0.4, 0.5) is 16.2 Å². The zero-order valence-corrected chi connectivity index (χ0v) is 23.8. The van der Waals surface area contributed by atoms with Crippen molar-refractivity contribution in [3.05, 3.63) is 130 Å². The fraction of sp³-hybridized carbons (Fsp3) is 0.176. The molecule has 0 saturated heterocycles. The number of aliphatic hydroxyl groups excluding tert-OH is 1. The molecule has 0 bridgehead atoms. The summed E-state index contributed by atoms with van der Waals surface area (Å²) in [5, 5.41) is 20.7. The largest absolute Gasteiger partial charge is 0.497 e. The van der Waals surface area contributed by atoms with Gasteiger partial charge in [0.25, 0.3) is 0 Å². The standard InChI is InChI=1S/C34H34N4O5/c1-42-27-12-10-25(11-13-27)36-34(41)37-26-9-5-8-23(20-26)18-19-35-21-30(39)28-14-16-31(33-29(28)15-17-32(40)38-33)43-22-24-6-3-2-4-7-24/h2-17,20,30,35,39H,18-19,21-22H2,1H3,(H,38,40)(H2,36,37,41)/t30-/m0/s1. The fourth-order valence-corrected chi connectivity index (χ4v) is 4.75. The summed E-state index contributed by atoms with van der Waals surface area (Å²) in [6, 6.07) is 31.0. The van der Waals surface area contributed by atoms with Gasteiger partial charge in [0.1, 0.15) is 18.1 Å². The number of rotatable bonds is 12. The Labute approximate surface area is 249 Å². The predicted molar refractivity (Wildman–Crippen MR) is 169 cm³/mol. The normalized spacial score (nSPS) is 11.6. The van der Waals surface area contributed by atoms with Gasteiger partial charge in [-0.1, -0.05) is 48.5 Å². The number of carbonyl (C=O) groups is 1. The second-order valence-corrected chi connectivity index (χ2v) is 10.0. The Bertz CT molecular complexity index is 1720. The number of aromatic amines is 1. The topological polar surface area (TPSA) is 125 Å². The number of amides is 2. The number of aliphatic hydroxyl groups is 1. The molecule has 0 saturated carbocycles. The van der Waals surface area contributed by atoms with Gasteiger partial charge < -0.3 is 35.5 Å². The maximum atomic E-state index is 12.4. The second kappa shape index (κ2) is 14.2.